The highest BCUT2D eigenvalue weighted by Crippen LogP contribution is 2.34. The standard InChI is InChI=1S/C26H26N2O4/c1-16-8-10-21(11-9-16)28-17(2)13-20(18(28)3)14-23-24(26(30)31-5)19(4)27(25(23)29)15-22-7-6-12-32-22/h6-14H,15H2,1-5H3. The maximum atomic E-state index is 13.3. The van der Waals surface area contributed by atoms with Crippen LogP contribution in [0.4, 0.5) is 0 Å². The Morgan fingerprint density at radius 3 is 2.44 bits per heavy atom. The van der Waals surface area contributed by atoms with E-state index in [1.165, 1.54) is 12.7 Å². The number of amides is 1. The quantitative estimate of drug-likeness (QED) is 0.428. The smallest absolute Gasteiger partial charge is 0.340 e. The third kappa shape index (κ3) is 3.68. The number of nitrogens with zero attached hydrogens (tertiary/aromatic N) is 2. The molecule has 32 heavy (non-hydrogen) atoms. The normalized spacial score (nSPS) is 15.2. The Morgan fingerprint density at radius 2 is 1.81 bits per heavy atom. The van der Waals surface area contributed by atoms with E-state index in [0.717, 1.165) is 22.6 Å². The number of hydrogen-bond acceptors (Lipinski definition) is 4. The molecule has 0 atom stereocenters. The third-order valence-electron chi connectivity index (χ3n) is 5.86. The fourth-order valence-electron chi connectivity index (χ4n) is 4.16. The third-order valence-corrected chi connectivity index (χ3v) is 5.86. The molecule has 2 aromatic heterocycles. The van der Waals surface area contributed by atoms with Gasteiger partial charge in [-0.25, -0.2) is 4.79 Å². The van der Waals surface area contributed by atoms with E-state index in [1.807, 2.05) is 19.9 Å². The molecule has 0 bridgehead atoms. The zero-order chi connectivity index (χ0) is 23.0. The molecule has 3 aromatic rings. The van der Waals surface area contributed by atoms with Crippen molar-refractivity contribution in [1.82, 2.24) is 9.47 Å². The van der Waals surface area contributed by atoms with Crippen molar-refractivity contribution in [3.63, 3.8) is 0 Å². The molecule has 0 fully saturated rings. The summed E-state index contributed by atoms with van der Waals surface area (Å²) in [5, 5.41) is 0. The van der Waals surface area contributed by atoms with E-state index in [0.29, 0.717) is 17.0 Å². The molecule has 0 aliphatic carbocycles. The van der Waals surface area contributed by atoms with Gasteiger partial charge in [-0.05, 0) is 69.7 Å². The van der Waals surface area contributed by atoms with Crippen LogP contribution in [0, 0.1) is 20.8 Å². The van der Waals surface area contributed by atoms with Gasteiger partial charge in [0.05, 0.1) is 31.1 Å². The molecule has 4 rings (SSSR count). The number of esters is 1. The topological polar surface area (TPSA) is 64.7 Å². The Labute approximate surface area is 187 Å². The van der Waals surface area contributed by atoms with Crippen LogP contribution in [-0.2, 0) is 20.9 Å². The van der Waals surface area contributed by atoms with Crippen LogP contribution in [0.25, 0.3) is 11.8 Å². The Balaban J connectivity index is 1.78. The lowest BCUT2D eigenvalue weighted by atomic mass is 10.0. The van der Waals surface area contributed by atoms with Gasteiger partial charge in [0.1, 0.15) is 5.76 Å². The summed E-state index contributed by atoms with van der Waals surface area (Å²) < 4.78 is 12.5. The minimum absolute atomic E-state index is 0.248. The van der Waals surface area contributed by atoms with Crippen molar-refractivity contribution in [3.05, 3.63) is 93.8 Å². The van der Waals surface area contributed by atoms with E-state index in [2.05, 4.69) is 35.8 Å². The second kappa shape index (κ2) is 8.38. The number of carbonyl (C=O) groups excluding carboxylic acids is 2. The number of carbonyl (C=O) groups is 2. The molecule has 0 saturated heterocycles. The lowest BCUT2D eigenvalue weighted by molar-refractivity contribution is -0.136. The fourth-order valence-corrected chi connectivity index (χ4v) is 4.16. The number of allylic oxidation sites excluding steroid dienone is 1. The largest absolute Gasteiger partial charge is 0.467 e. The number of hydrogen-bond donors (Lipinski definition) is 0. The summed E-state index contributed by atoms with van der Waals surface area (Å²) >= 11 is 0. The van der Waals surface area contributed by atoms with E-state index in [4.69, 9.17) is 9.15 Å². The molecule has 0 unspecified atom stereocenters. The Kier molecular flexibility index (Phi) is 5.61. The predicted molar refractivity (Wildman–Crippen MR) is 122 cm³/mol. The highest BCUT2D eigenvalue weighted by atomic mass is 16.5. The molecular weight excluding hydrogens is 404 g/mol. The van der Waals surface area contributed by atoms with Gasteiger partial charge in [0.15, 0.2) is 0 Å². The number of benzene rings is 1. The second-order valence-electron chi connectivity index (χ2n) is 7.98. The maximum absolute atomic E-state index is 13.3. The average Bonchev–Trinajstić information content (AvgIpc) is 3.44. The van der Waals surface area contributed by atoms with Gasteiger partial charge < -0.3 is 18.6 Å². The zero-order valence-electron chi connectivity index (χ0n) is 18.9. The first-order chi connectivity index (χ1) is 15.3. The highest BCUT2D eigenvalue weighted by molar-refractivity contribution is 6.16. The van der Waals surface area contributed by atoms with Gasteiger partial charge in [-0.1, -0.05) is 17.7 Å². The van der Waals surface area contributed by atoms with Crippen LogP contribution < -0.4 is 0 Å². The second-order valence-corrected chi connectivity index (χ2v) is 7.98. The van der Waals surface area contributed by atoms with Crippen molar-refractivity contribution in [2.45, 2.75) is 34.2 Å². The van der Waals surface area contributed by atoms with Crippen LogP contribution in [0.5, 0.6) is 0 Å². The lowest BCUT2D eigenvalue weighted by Gasteiger charge is -2.16. The molecule has 0 saturated carbocycles. The van der Waals surface area contributed by atoms with Crippen molar-refractivity contribution >= 4 is 18.0 Å². The number of rotatable bonds is 5. The number of methoxy groups -OCH3 is 1. The van der Waals surface area contributed by atoms with Gasteiger partial charge in [-0.3, -0.25) is 4.79 Å². The highest BCUT2D eigenvalue weighted by Gasteiger charge is 2.37. The molecule has 1 aliphatic rings. The van der Waals surface area contributed by atoms with Crippen molar-refractivity contribution in [3.8, 4) is 5.69 Å². The van der Waals surface area contributed by atoms with Crippen LogP contribution in [-0.4, -0.2) is 28.5 Å². The maximum Gasteiger partial charge on any atom is 0.340 e. The number of aromatic nitrogens is 1. The van der Waals surface area contributed by atoms with Crippen LogP contribution in [0.1, 0.15) is 35.2 Å². The Bertz CT molecular complexity index is 1240. The van der Waals surface area contributed by atoms with E-state index in [-0.39, 0.29) is 18.0 Å². The molecule has 0 radical (unpaired) electrons. The Hall–Kier alpha value is -3.80. The molecule has 0 N–H and O–H groups in total. The zero-order valence-corrected chi connectivity index (χ0v) is 18.9. The van der Waals surface area contributed by atoms with Gasteiger partial charge in [0.25, 0.3) is 5.91 Å². The summed E-state index contributed by atoms with van der Waals surface area (Å²) in [6, 6.07) is 13.9. The summed E-state index contributed by atoms with van der Waals surface area (Å²) in [5.74, 6) is -0.142. The van der Waals surface area contributed by atoms with Crippen molar-refractivity contribution in [2.75, 3.05) is 7.11 Å². The van der Waals surface area contributed by atoms with Crippen molar-refractivity contribution in [1.29, 1.82) is 0 Å². The first kappa shape index (κ1) is 21.4. The van der Waals surface area contributed by atoms with Gasteiger partial charge in [0, 0.05) is 22.8 Å². The molecular formula is C26H26N2O4. The number of ether oxygens (including phenoxy) is 1. The molecule has 164 valence electrons. The molecule has 0 spiro atoms. The predicted octanol–water partition coefficient (Wildman–Crippen LogP) is 4.87. The average molecular weight is 431 g/mol. The molecule has 6 nitrogen and oxygen atoms in total. The van der Waals surface area contributed by atoms with E-state index in [1.54, 1.807) is 36.3 Å². The van der Waals surface area contributed by atoms with Gasteiger partial charge in [-0.2, -0.15) is 0 Å². The minimum atomic E-state index is -0.531. The van der Waals surface area contributed by atoms with Gasteiger partial charge in [-0.15, -0.1) is 0 Å². The molecule has 3 heterocycles. The van der Waals surface area contributed by atoms with Gasteiger partial charge >= 0.3 is 5.97 Å². The molecule has 1 aromatic carbocycles. The summed E-state index contributed by atoms with van der Waals surface area (Å²) in [6.45, 7) is 8.09. The van der Waals surface area contributed by atoms with Crippen molar-refractivity contribution < 1.29 is 18.7 Å². The summed E-state index contributed by atoms with van der Waals surface area (Å²) in [7, 11) is 1.32. The molecule has 6 heteroatoms. The lowest BCUT2D eigenvalue weighted by Crippen LogP contribution is -2.24. The van der Waals surface area contributed by atoms with Gasteiger partial charge in [0.2, 0.25) is 0 Å². The van der Waals surface area contributed by atoms with Crippen LogP contribution in [0.3, 0.4) is 0 Å². The van der Waals surface area contributed by atoms with Crippen LogP contribution in [0.15, 0.2) is 70.0 Å². The molecule has 1 amide bonds. The first-order valence-corrected chi connectivity index (χ1v) is 10.4. The SMILES string of the molecule is COC(=O)C1=C(C)N(Cc2ccco2)C(=O)C1=Cc1cc(C)n(-c2ccc(C)cc2)c1C. The Morgan fingerprint density at radius 1 is 1.09 bits per heavy atom. The first-order valence-electron chi connectivity index (χ1n) is 10.4. The summed E-state index contributed by atoms with van der Waals surface area (Å²) in [4.78, 5) is 27.5. The fraction of sp³-hybridized carbons (Fsp3) is 0.231. The summed E-state index contributed by atoms with van der Waals surface area (Å²) in [5.41, 5.74) is 6.29. The number of furan rings is 1. The van der Waals surface area contributed by atoms with E-state index < -0.39 is 5.97 Å². The monoisotopic (exact) mass is 430 g/mol. The van der Waals surface area contributed by atoms with E-state index in [9.17, 15) is 9.59 Å². The van der Waals surface area contributed by atoms with Crippen molar-refractivity contribution in [2.24, 2.45) is 0 Å². The van der Waals surface area contributed by atoms with Crippen LogP contribution in [0.2, 0.25) is 0 Å². The molecule has 1 aliphatic heterocycles. The number of aryl methyl sites for hydroxylation is 2. The summed E-state index contributed by atoms with van der Waals surface area (Å²) in [6.07, 6.45) is 3.35. The van der Waals surface area contributed by atoms with E-state index >= 15 is 0 Å². The minimum Gasteiger partial charge on any atom is -0.467 e. The van der Waals surface area contributed by atoms with Crippen LogP contribution >= 0.6 is 0 Å².